The van der Waals surface area contributed by atoms with Gasteiger partial charge in [-0.1, -0.05) is 37.3 Å². The summed E-state index contributed by atoms with van der Waals surface area (Å²) in [5, 5.41) is 5.33. The zero-order valence-corrected chi connectivity index (χ0v) is 24.2. The number of hydrogen-bond donors (Lipinski definition) is 2. The number of amides is 3. The number of carbonyl (C=O) groups excluding carboxylic acids is 3. The summed E-state index contributed by atoms with van der Waals surface area (Å²) in [5.74, 6) is -1.15. The molecule has 40 heavy (non-hydrogen) atoms. The molecule has 212 valence electrons. The van der Waals surface area contributed by atoms with E-state index in [1.165, 1.54) is 54.1 Å². The van der Waals surface area contributed by atoms with E-state index >= 15 is 0 Å². The number of fused-ring (bicyclic) bond motifs is 1. The van der Waals surface area contributed by atoms with Crippen LogP contribution in [-0.4, -0.2) is 62.8 Å². The van der Waals surface area contributed by atoms with E-state index < -0.39 is 27.9 Å². The molecule has 0 radical (unpaired) electrons. The average molecular weight is 585 g/mol. The van der Waals surface area contributed by atoms with Gasteiger partial charge in [0.2, 0.25) is 10.0 Å². The number of nitrogens with zero attached hydrogens (tertiary/aromatic N) is 2. The highest BCUT2D eigenvalue weighted by molar-refractivity contribution is 7.89. The molecule has 3 aromatic rings. The van der Waals surface area contributed by atoms with Crippen LogP contribution in [0.4, 0.5) is 9.80 Å². The standard InChI is InChI=1S/C28H32N4O6S2/c1-4-15-32-16-14-22-23(18-32)39-27(24(22)26(34)30-28(35)38-3)29-25(33)20-10-12-21(13-11-20)40(36,37)31(2)17-19-8-6-5-7-9-19/h5-13H,4,14-18H2,1-3H3,(H,29,33)(H,30,34,35). The van der Waals surface area contributed by atoms with Crippen LogP contribution in [0.5, 0.6) is 0 Å². The van der Waals surface area contributed by atoms with Gasteiger partial charge < -0.3 is 10.1 Å². The summed E-state index contributed by atoms with van der Waals surface area (Å²) in [7, 11) is -1.11. The van der Waals surface area contributed by atoms with Crippen LogP contribution in [0.1, 0.15) is 50.1 Å². The summed E-state index contributed by atoms with van der Waals surface area (Å²) in [6.07, 6.45) is 0.710. The van der Waals surface area contributed by atoms with Crippen LogP contribution >= 0.6 is 11.3 Å². The van der Waals surface area contributed by atoms with Gasteiger partial charge in [-0.2, -0.15) is 4.31 Å². The summed E-state index contributed by atoms with van der Waals surface area (Å²) in [6.45, 7) is 4.63. The first kappa shape index (κ1) is 29.4. The molecule has 1 aliphatic heterocycles. The van der Waals surface area contributed by atoms with E-state index in [0.29, 0.717) is 18.0 Å². The molecule has 0 aliphatic carbocycles. The van der Waals surface area contributed by atoms with Gasteiger partial charge in [0.1, 0.15) is 5.00 Å². The summed E-state index contributed by atoms with van der Waals surface area (Å²) in [5.41, 5.74) is 2.13. The van der Waals surface area contributed by atoms with Crippen molar-refractivity contribution in [3.8, 4) is 0 Å². The van der Waals surface area contributed by atoms with Gasteiger partial charge in [0.05, 0.1) is 17.6 Å². The van der Waals surface area contributed by atoms with E-state index in [-0.39, 0.29) is 22.6 Å². The average Bonchev–Trinajstić information content (AvgIpc) is 3.30. The van der Waals surface area contributed by atoms with Crippen LogP contribution in [0.3, 0.4) is 0 Å². The third-order valence-corrected chi connectivity index (χ3v) is 9.55. The predicted octanol–water partition coefficient (Wildman–Crippen LogP) is 4.09. The van der Waals surface area contributed by atoms with Crippen molar-refractivity contribution in [2.24, 2.45) is 0 Å². The second kappa shape index (κ2) is 12.7. The fraction of sp³-hybridized carbons (Fsp3) is 0.321. The van der Waals surface area contributed by atoms with Gasteiger partial charge in [0.25, 0.3) is 11.8 Å². The molecule has 2 aromatic carbocycles. The van der Waals surface area contributed by atoms with Crippen molar-refractivity contribution in [1.29, 1.82) is 0 Å². The molecule has 2 N–H and O–H groups in total. The Bertz CT molecular complexity index is 1490. The number of imide groups is 1. The highest BCUT2D eigenvalue weighted by atomic mass is 32.2. The van der Waals surface area contributed by atoms with Crippen molar-refractivity contribution in [3.05, 3.63) is 81.7 Å². The van der Waals surface area contributed by atoms with Gasteiger partial charge in [0, 0.05) is 37.1 Å². The van der Waals surface area contributed by atoms with Crippen LogP contribution in [0.2, 0.25) is 0 Å². The molecule has 0 saturated heterocycles. The Labute approximate surface area is 238 Å². The number of methoxy groups -OCH3 is 1. The van der Waals surface area contributed by atoms with Gasteiger partial charge in [-0.05, 0) is 54.8 Å². The Hall–Kier alpha value is -3.58. The quantitative estimate of drug-likeness (QED) is 0.388. The van der Waals surface area contributed by atoms with Crippen molar-refractivity contribution in [3.63, 3.8) is 0 Å². The molecule has 10 nitrogen and oxygen atoms in total. The lowest BCUT2D eigenvalue weighted by Gasteiger charge is -2.26. The lowest BCUT2D eigenvalue weighted by molar-refractivity contribution is 0.0936. The van der Waals surface area contributed by atoms with Crippen LogP contribution in [0, 0.1) is 0 Å². The van der Waals surface area contributed by atoms with Gasteiger partial charge in [-0.3, -0.25) is 19.8 Å². The number of nitrogens with one attached hydrogen (secondary N) is 2. The van der Waals surface area contributed by atoms with Crippen molar-refractivity contribution < 1.29 is 27.5 Å². The number of anilines is 1. The highest BCUT2D eigenvalue weighted by Crippen LogP contribution is 2.37. The van der Waals surface area contributed by atoms with Crippen LogP contribution < -0.4 is 10.6 Å². The molecule has 0 unspecified atom stereocenters. The number of carbonyl (C=O) groups is 3. The van der Waals surface area contributed by atoms with Crippen molar-refractivity contribution in [1.82, 2.24) is 14.5 Å². The number of alkyl carbamates (subject to hydrolysis) is 1. The molecule has 0 atom stereocenters. The first-order chi connectivity index (χ1) is 19.1. The van der Waals surface area contributed by atoms with Gasteiger partial charge in [-0.15, -0.1) is 11.3 Å². The number of benzene rings is 2. The number of rotatable bonds is 9. The summed E-state index contributed by atoms with van der Waals surface area (Å²) in [6, 6.07) is 14.9. The molecule has 4 rings (SSSR count). The summed E-state index contributed by atoms with van der Waals surface area (Å²) < 4.78 is 32.0. The monoisotopic (exact) mass is 584 g/mol. The highest BCUT2D eigenvalue weighted by Gasteiger charge is 2.30. The van der Waals surface area contributed by atoms with E-state index in [1.807, 2.05) is 30.3 Å². The van der Waals surface area contributed by atoms with E-state index in [1.54, 1.807) is 0 Å². The van der Waals surface area contributed by atoms with Crippen LogP contribution in [0.25, 0.3) is 0 Å². The second-order valence-corrected chi connectivity index (χ2v) is 12.6. The molecule has 3 amide bonds. The Morgan fingerprint density at radius 1 is 1.05 bits per heavy atom. The third kappa shape index (κ3) is 6.58. The topological polar surface area (TPSA) is 125 Å². The van der Waals surface area contributed by atoms with Crippen molar-refractivity contribution >= 4 is 44.3 Å². The van der Waals surface area contributed by atoms with E-state index in [9.17, 15) is 22.8 Å². The zero-order chi connectivity index (χ0) is 28.9. The van der Waals surface area contributed by atoms with Crippen LogP contribution in [0.15, 0.2) is 59.5 Å². The maximum atomic E-state index is 13.2. The Kier molecular flexibility index (Phi) is 9.36. The molecular weight excluding hydrogens is 552 g/mol. The molecule has 0 saturated carbocycles. The maximum absolute atomic E-state index is 13.2. The maximum Gasteiger partial charge on any atom is 0.413 e. The predicted molar refractivity (Wildman–Crippen MR) is 153 cm³/mol. The lowest BCUT2D eigenvalue weighted by Crippen LogP contribution is -2.34. The molecule has 2 heterocycles. The minimum Gasteiger partial charge on any atom is -0.453 e. The fourth-order valence-electron chi connectivity index (χ4n) is 4.56. The number of ether oxygens (including phenoxy) is 1. The molecule has 1 aromatic heterocycles. The Balaban J connectivity index is 1.54. The third-order valence-electron chi connectivity index (χ3n) is 6.60. The van der Waals surface area contributed by atoms with Gasteiger partial charge in [-0.25, -0.2) is 13.2 Å². The number of hydrogen-bond acceptors (Lipinski definition) is 8. The molecular formula is C28H32N4O6S2. The molecule has 0 spiro atoms. The van der Waals surface area contributed by atoms with Crippen LogP contribution in [-0.2, 0) is 34.3 Å². The normalized spacial score (nSPS) is 13.5. The molecule has 0 fully saturated rings. The second-order valence-electron chi connectivity index (χ2n) is 9.40. The number of sulfonamides is 1. The zero-order valence-electron chi connectivity index (χ0n) is 22.6. The Morgan fingerprint density at radius 2 is 1.75 bits per heavy atom. The van der Waals surface area contributed by atoms with E-state index in [2.05, 4.69) is 27.2 Å². The van der Waals surface area contributed by atoms with Crippen molar-refractivity contribution in [2.45, 2.75) is 37.8 Å². The summed E-state index contributed by atoms with van der Waals surface area (Å²) >= 11 is 1.30. The minimum atomic E-state index is -3.78. The summed E-state index contributed by atoms with van der Waals surface area (Å²) in [4.78, 5) is 41.2. The van der Waals surface area contributed by atoms with Crippen molar-refractivity contribution in [2.75, 3.05) is 32.6 Å². The fourth-order valence-corrected chi connectivity index (χ4v) is 7.00. The largest absolute Gasteiger partial charge is 0.453 e. The minimum absolute atomic E-state index is 0.0585. The molecule has 1 aliphatic rings. The van der Waals surface area contributed by atoms with E-state index in [4.69, 9.17) is 0 Å². The molecule has 0 bridgehead atoms. The first-order valence-corrected chi connectivity index (χ1v) is 15.1. The number of thiophene rings is 1. The molecule has 12 heteroatoms. The lowest BCUT2D eigenvalue weighted by atomic mass is 10.0. The Morgan fingerprint density at radius 3 is 2.40 bits per heavy atom. The van der Waals surface area contributed by atoms with E-state index in [0.717, 1.165) is 35.5 Å². The smallest absolute Gasteiger partial charge is 0.413 e. The first-order valence-electron chi connectivity index (χ1n) is 12.8. The SMILES string of the molecule is CCCN1CCc2c(sc(NC(=O)c3ccc(S(=O)(=O)N(C)Cc4ccccc4)cc3)c2C(=O)NC(=O)OC)C1. The van der Waals surface area contributed by atoms with Gasteiger partial charge in [0.15, 0.2) is 0 Å². The van der Waals surface area contributed by atoms with Gasteiger partial charge >= 0.3 is 6.09 Å².